The number of nitrogens with one attached hydrogen (secondary N) is 2. The fourth-order valence-electron chi connectivity index (χ4n) is 2.64. The highest BCUT2D eigenvalue weighted by Crippen LogP contribution is 2.30. The Kier molecular flexibility index (Phi) is 5.90. The summed E-state index contributed by atoms with van der Waals surface area (Å²) in [5.41, 5.74) is 2.18. The van der Waals surface area contributed by atoms with E-state index in [9.17, 15) is 10.1 Å². The lowest BCUT2D eigenvalue weighted by Gasteiger charge is -2.13. The molecule has 0 radical (unpaired) electrons. The minimum absolute atomic E-state index is 0.167. The highest BCUT2D eigenvalue weighted by atomic mass is 16.5. The molecule has 0 aliphatic rings. The molecule has 3 aromatic rings. The van der Waals surface area contributed by atoms with Crippen molar-refractivity contribution < 1.29 is 14.3 Å². The smallest absolute Gasteiger partial charge is 0.274 e. The Morgan fingerprint density at radius 3 is 2.55 bits per heavy atom. The first-order valence-electron chi connectivity index (χ1n) is 8.69. The largest absolute Gasteiger partial charge is 0.497 e. The van der Waals surface area contributed by atoms with Crippen molar-refractivity contribution in [2.24, 2.45) is 0 Å². The lowest BCUT2D eigenvalue weighted by atomic mass is 10.2. The molecule has 8 nitrogen and oxygen atoms in total. The van der Waals surface area contributed by atoms with Crippen LogP contribution in [0.15, 0.2) is 48.5 Å². The maximum Gasteiger partial charge on any atom is 0.274 e. The van der Waals surface area contributed by atoms with Gasteiger partial charge in [-0.3, -0.25) is 4.79 Å². The Balaban J connectivity index is 1.87. The van der Waals surface area contributed by atoms with Crippen LogP contribution in [0.25, 0.3) is 0 Å². The van der Waals surface area contributed by atoms with Gasteiger partial charge in [0, 0.05) is 11.8 Å². The van der Waals surface area contributed by atoms with Crippen molar-refractivity contribution in [3.8, 4) is 17.6 Å². The van der Waals surface area contributed by atoms with Crippen LogP contribution in [0.4, 0.5) is 17.3 Å². The van der Waals surface area contributed by atoms with Gasteiger partial charge in [-0.2, -0.15) is 5.26 Å². The standard InChI is InChI=1S/C21H19N5O3/c1-13-10-18(20(27)24-16-7-5-4-6-14(16)12-22)26-21(23-13)25-17-9-8-15(28-2)11-19(17)29-3/h4-11H,1-3H3,(H,24,27)(H,23,25,26). The third-order valence-corrected chi connectivity index (χ3v) is 4.04. The summed E-state index contributed by atoms with van der Waals surface area (Å²) in [6, 6.07) is 15.6. The number of nitrogens with zero attached hydrogens (tertiary/aromatic N) is 3. The number of rotatable bonds is 6. The molecular weight excluding hydrogens is 370 g/mol. The summed E-state index contributed by atoms with van der Waals surface area (Å²) in [6.07, 6.45) is 0. The van der Waals surface area contributed by atoms with Gasteiger partial charge in [-0.05, 0) is 37.3 Å². The first-order valence-corrected chi connectivity index (χ1v) is 8.69. The zero-order chi connectivity index (χ0) is 20.8. The van der Waals surface area contributed by atoms with Crippen LogP contribution in [0.1, 0.15) is 21.7 Å². The van der Waals surface area contributed by atoms with Gasteiger partial charge in [0.1, 0.15) is 23.3 Å². The zero-order valence-corrected chi connectivity index (χ0v) is 16.2. The zero-order valence-electron chi connectivity index (χ0n) is 16.2. The van der Waals surface area contributed by atoms with Gasteiger partial charge in [-0.1, -0.05) is 12.1 Å². The van der Waals surface area contributed by atoms with Gasteiger partial charge in [-0.25, -0.2) is 9.97 Å². The maximum atomic E-state index is 12.7. The third kappa shape index (κ3) is 4.59. The predicted molar refractivity (Wildman–Crippen MR) is 109 cm³/mol. The van der Waals surface area contributed by atoms with Crippen LogP contribution >= 0.6 is 0 Å². The number of nitriles is 1. The first kappa shape index (κ1) is 19.6. The minimum atomic E-state index is -0.442. The Hall–Kier alpha value is -4.12. The van der Waals surface area contributed by atoms with E-state index >= 15 is 0 Å². The van der Waals surface area contributed by atoms with Crippen molar-refractivity contribution in [3.63, 3.8) is 0 Å². The lowest BCUT2D eigenvalue weighted by Crippen LogP contribution is -2.16. The van der Waals surface area contributed by atoms with Crippen molar-refractivity contribution in [2.45, 2.75) is 6.92 Å². The van der Waals surface area contributed by atoms with E-state index in [0.717, 1.165) is 0 Å². The highest BCUT2D eigenvalue weighted by molar-refractivity contribution is 6.03. The number of anilines is 3. The molecule has 8 heteroatoms. The number of ether oxygens (including phenoxy) is 2. The van der Waals surface area contributed by atoms with E-state index in [1.54, 1.807) is 69.7 Å². The average molecular weight is 389 g/mol. The van der Waals surface area contributed by atoms with Crippen LogP contribution in [0.5, 0.6) is 11.5 Å². The fraction of sp³-hybridized carbons (Fsp3) is 0.143. The van der Waals surface area contributed by atoms with Gasteiger partial charge in [0.25, 0.3) is 5.91 Å². The number of aromatic nitrogens is 2. The quantitative estimate of drug-likeness (QED) is 0.662. The van der Waals surface area contributed by atoms with Crippen molar-refractivity contribution in [1.82, 2.24) is 9.97 Å². The predicted octanol–water partition coefficient (Wildman–Crippen LogP) is 3.67. The Morgan fingerprint density at radius 1 is 1.03 bits per heavy atom. The van der Waals surface area contributed by atoms with Crippen LogP contribution in [0.2, 0.25) is 0 Å². The first-order chi connectivity index (χ1) is 14.0. The molecule has 2 N–H and O–H groups in total. The molecule has 1 aromatic heterocycles. The monoisotopic (exact) mass is 389 g/mol. The van der Waals surface area contributed by atoms with Crippen LogP contribution in [0.3, 0.4) is 0 Å². The van der Waals surface area contributed by atoms with Crippen molar-refractivity contribution in [2.75, 3.05) is 24.9 Å². The molecule has 0 bridgehead atoms. The second kappa shape index (κ2) is 8.71. The Morgan fingerprint density at radius 2 is 1.83 bits per heavy atom. The third-order valence-electron chi connectivity index (χ3n) is 4.04. The molecule has 0 atom stereocenters. The molecule has 0 saturated carbocycles. The van der Waals surface area contributed by atoms with Gasteiger partial charge in [0.2, 0.25) is 5.95 Å². The van der Waals surface area contributed by atoms with Crippen molar-refractivity contribution in [3.05, 3.63) is 65.5 Å². The van der Waals surface area contributed by atoms with Crippen LogP contribution in [-0.4, -0.2) is 30.1 Å². The number of para-hydroxylation sites is 1. The number of amides is 1. The lowest BCUT2D eigenvalue weighted by molar-refractivity contribution is 0.102. The SMILES string of the molecule is COc1ccc(Nc2nc(C)cc(C(=O)Nc3ccccc3C#N)n2)c(OC)c1. The average Bonchev–Trinajstić information content (AvgIpc) is 2.74. The molecular formula is C21H19N5O3. The number of hydrogen-bond donors (Lipinski definition) is 2. The second-order valence-corrected chi connectivity index (χ2v) is 6.02. The molecule has 0 fully saturated rings. The molecule has 2 aromatic carbocycles. The van der Waals surface area contributed by atoms with Gasteiger partial charge in [0.15, 0.2) is 0 Å². The summed E-state index contributed by atoms with van der Waals surface area (Å²) in [5, 5.41) is 15.0. The number of hydrogen-bond acceptors (Lipinski definition) is 7. The number of benzene rings is 2. The summed E-state index contributed by atoms with van der Waals surface area (Å²) in [6.45, 7) is 1.76. The summed E-state index contributed by atoms with van der Waals surface area (Å²) < 4.78 is 10.6. The molecule has 29 heavy (non-hydrogen) atoms. The summed E-state index contributed by atoms with van der Waals surface area (Å²) in [5.74, 6) is 0.993. The van der Waals surface area contributed by atoms with Gasteiger partial charge in [-0.15, -0.1) is 0 Å². The van der Waals surface area contributed by atoms with Crippen LogP contribution < -0.4 is 20.1 Å². The molecule has 0 spiro atoms. The summed E-state index contributed by atoms with van der Waals surface area (Å²) in [7, 11) is 3.11. The normalized spacial score (nSPS) is 10.0. The Labute approximate surface area is 168 Å². The fourth-order valence-corrected chi connectivity index (χ4v) is 2.64. The second-order valence-electron chi connectivity index (χ2n) is 6.02. The van der Waals surface area contributed by atoms with Crippen molar-refractivity contribution in [1.29, 1.82) is 5.26 Å². The number of carbonyl (C=O) groups excluding carboxylic acids is 1. The van der Waals surface area contributed by atoms with Gasteiger partial charge in [0.05, 0.1) is 31.2 Å². The van der Waals surface area contributed by atoms with Crippen molar-refractivity contribution >= 4 is 23.2 Å². The molecule has 1 amide bonds. The van der Waals surface area contributed by atoms with Gasteiger partial charge >= 0.3 is 0 Å². The molecule has 146 valence electrons. The molecule has 0 aliphatic heterocycles. The molecule has 0 aliphatic carbocycles. The molecule has 3 rings (SSSR count). The van der Waals surface area contributed by atoms with E-state index in [-0.39, 0.29) is 11.6 Å². The van der Waals surface area contributed by atoms with E-state index in [0.29, 0.717) is 34.1 Å². The van der Waals surface area contributed by atoms with Gasteiger partial charge < -0.3 is 20.1 Å². The minimum Gasteiger partial charge on any atom is -0.497 e. The summed E-state index contributed by atoms with van der Waals surface area (Å²) >= 11 is 0. The molecule has 0 unspecified atom stereocenters. The Bertz CT molecular complexity index is 1090. The summed E-state index contributed by atoms with van der Waals surface area (Å²) in [4.78, 5) is 21.3. The van der Waals surface area contributed by atoms with E-state index in [1.165, 1.54) is 0 Å². The molecule has 1 heterocycles. The van der Waals surface area contributed by atoms with Crippen LogP contribution in [-0.2, 0) is 0 Å². The van der Waals surface area contributed by atoms with E-state index in [1.807, 2.05) is 6.07 Å². The number of carbonyl (C=O) groups is 1. The maximum absolute atomic E-state index is 12.7. The highest BCUT2D eigenvalue weighted by Gasteiger charge is 2.14. The number of methoxy groups -OCH3 is 2. The molecule has 0 saturated heterocycles. The topological polar surface area (TPSA) is 109 Å². The van der Waals surface area contributed by atoms with E-state index < -0.39 is 5.91 Å². The number of aryl methyl sites for hydroxylation is 1. The van der Waals surface area contributed by atoms with E-state index in [2.05, 4.69) is 20.6 Å². The van der Waals surface area contributed by atoms with E-state index in [4.69, 9.17) is 9.47 Å². The van der Waals surface area contributed by atoms with Crippen LogP contribution in [0, 0.1) is 18.3 Å².